The largest absolute Gasteiger partial charge is 0.443 e. The number of hydrogen-bond acceptors (Lipinski definition) is 10. The molecule has 0 spiro atoms. The third-order valence-corrected chi connectivity index (χ3v) is 8.54. The zero-order valence-corrected chi connectivity index (χ0v) is 30.9. The van der Waals surface area contributed by atoms with Gasteiger partial charge < -0.3 is 15.4 Å². The van der Waals surface area contributed by atoms with Gasteiger partial charge in [0.15, 0.2) is 11.3 Å². The van der Waals surface area contributed by atoms with E-state index in [1.807, 2.05) is 61.8 Å². The van der Waals surface area contributed by atoms with Gasteiger partial charge in [-0.2, -0.15) is 19.2 Å². The Kier molecular flexibility index (Phi) is 11.9. The highest BCUT2D eigenvalue weighted by molar-refractivity contribution is 9.11. The molecule has 1 saturated carbocycles. The number of carbonyl (C=O) groups is 1. The third kappa shape index (κ3) is 9.46. The summed E-state index contributed by atoms with van der Waals surface area (Å²) in [6.45, 7) is 7.35. The number of amides is 1. The normalized spacial score (nSPS) is 12.5. The van der Waals surface area contributed by atoms with E-state index in [2.05, 4.69) is 72.6 Å². The number of fused-ring (bicyclic) bond motifs is 2. The van der Waals surface area contributed by atoms with Crippen molar-refractivity contribution in [3.63, 3.8) is 0 Å². The lowest BCUT2D eigenvalue weighted by Gasteiger charge is -2.27. The molecule has 1 aliphatic carbocycles. The van der Waals surface area contributed by atoms with E-state index >= 15 is 0 Å². The van der Waals surface area contributed by atoms with Crippen LogP contribution >= 0.6 is 43.5 Å². The van der Waals surface area contributed by atoms with Crippen LogP contribution in [0, 0.1) is 5.92 Å². The average molecular weight is 828 g/mol. The predicted octanol–water partition coefficient (Wildman–Crippen LogP) is 8.44. The SMILES string of the molecule is Brc1cnn2c(NCc3cccnc3)cc(NCC3CC3)nc12.C.CC(C)(C)OC(=O)N(Cc1cccnc1)c1cc(Cl)nc2c(Br)cnn12. The topological polar surface area (TPSA) is 140 Å². The maximum absolute atomic E-state index is 12.9. The molecular weight excluding hydrogens is 790 g/mol. The van der Waals surface area contributed by atoms with Gasteiger partial charge in [0.2, 0.25) is 0 Å². The lowest BCUT2D eigenvalue weighted by molar-refractivity contribution is 0.0575. The minimum absolute atomic E-state index is 0. The first-order valence-corrected chi connectivity index (χ1v) is 17.5. The molecule has 50 heavy (non-hydrogen) atoms. The zero-order valence-electron chi connectivity index (χ0n) is 27.0. The van der Waals surface area contributed by atoms with Crippen molar-refractivity contribution in [1.82, 2.24) is 39.2 Å². The van der Waals surface area contributed by atoms with Crippen LogP contribution in [0.1, 0.15) is 52.2 Å². The minimum Gasteiger partial charge on any atom is -0.443 e. The van der Waals surface area contributed by atoms with Gasteiger partial charge in [0.25, 0.3) is 0 Å². The van der Waals surface area contributed by atoms with Gasteiger partial charge in [0.05, 0.1) is 27.9 Å². The summed E-state index contributed by atoms with van der Waals surface area (Å²) in [7, 11) is 0. The molecule has 0 aromatic carbocycles. The molecule has 0 radical (unpaired) electrons. The van der Waals surface area contributed by atoms with E-state index in [-0.39, 0.29) is 19.1 Å². The number of hydrogen-bond donors (Lipinski definition) is 2. The Hall–Kier alpha value is -4.34. The Morgan fingerprint density at radius 2 is 1.58 bits per heavy atom. The van der Waals surface area contributed by atoms with Crippen LogP contribution in [0.3, 0.4) is 0 Å². The molecule has 1 aliphatic rings. The van der Waals surface area contributed by atoms with Gasteiger partial charge in [-0.3, -0.25) is 14.9 Å². The van der Waals surface area contributed by atoms with Gasteiger partial charge in [-0.05, 0) is 94.7 Å². The summed E-state index contributed by atoms with van der Waals surface area (Å²) in [6, 6.07) is 11.3. The van der Waals surface area contributed by atoms with Crippen molar-refractivity contribution in [1.29, 1.82) is 0 Å². The number of nitrogens with zero attached hydrogens (tertiary/aromatic N) is 9. The van der Waals surface area contributed by atoms with Gasteiger partial charge in [-0.1, -0.05) is 31.2 Å². The summed E-state index contributed by atoms with van der Waals surface area (Å²) in [5.41, 5.74) is 2.62. The zero-order chi connectivity index (χ0) is 34.5. The molecule has 0 saturated heterocycles. The summed E-state index contributed by atoms with van der Waals surface area (Å²) < 4.78 is 10.5. The van der Waals surface area contributed by atoms with Crippen LogP contribution in [0.2, 0.25) is 5.15 Å². The van der Waals surface area contributed by atoms with Crippen LogP contribution in [-0.4, -0.2) is 57.4 Å². The van der Waals surface area contributed by atoms with Crippen molar-refractivity contribution in [3.8, 4) is 0 Å². The number of carbonyl (C=O) groups excluding carboxylic acids is 1. The highest BCUT2D eigenvalue weighted by Gasteiger charge is 2.27. The molecule has 262 valence electrons. The molecule has 0 atom stereocenters. The van der Waals surface area contributed by atoms with E-state index in [1.54, 1.807) is 37.1 Å². The molecule has 1 fully saturated rings. The maximum atomic E-state index is 12.9. The van der Waals surface area contributed by atoms with Gasteiger partial charge in [0, 0.05) is 50.0 Å². The number of ether oxygens (including phenoxy) is 1. The van der Waals surface area contributed by atoms with Crippen LogP contribution in [0.4, 0.5) is 22.2 Å². The van der Waals surface area contributed by atoms with Gasteiger partial charge in [-0.15, -0.1) is 0 Å². The predicted molar refractivity (Wildman–Crippen MR) is 203 cm³/mol. The fraction of sp³-hybridized carbons (Fsp3) is 0.324. The monoisotopic (exact) mass is 825 g/mol. The summed E-state index contributed by atoms with van der Waals surface area (Å²) in [5, 5.41) is 15.8. The number of nitrogens with one attached hydrogen (secondary N) is 2. The second-order valence-electron chi connectivity index (χ2n) is 12.4. The number of aromatic nitrogens is 8. The first kappa shape index (κ1) is 36.9. The summed E-state index contributed by atoms with van der Waals surface area (Å²) in [4.78, 5) is 31.5. The second kappa shape index (κ2) is 16.1. The lowest BCUT2D eigenvalue weighted by Crippen LogP contribution is -2.37. The quantitative estimate of drug-likeness (QED) is 0.137. The van der Waals surface area contributed by atoms with Crippen molar-refractivity contribution in [3.05, 3.63) is 98.8 Å². The van der Waals surface area contributed by atoms with Gasteiger partial charge >= 0.3 is 6.09 Å². The highest BCUT2D eigenvalue weighted by atomic mass is 79.9. The van der Waals surface area contributed by atoms with E-state index in [9.17, 15) is 4.79 Å². The number of pyridine rings is 2. The summed E-state index contributed by atoms with van der Waals surface area (Å²) in [5.74, 6) is 3.03. The molecule has 6 aromatic heterocycles. The number of rotatable bonds is 9. The first-order chi connectivity index (χ1) is 23.5. The average Bonchev–Trinajstić information content (AvgIpc) is 3.74. The molecule has 6 aromatic rings. The molecule has 2 N–H and O–H groups in total. The van der Waals surface area contributed by atoms with Crippen molar-refractivity contribution in [2.24, 2.45) is 5.92 Å². The molecular formula is C34H38Br2ClN11O2. The Morgan fingerprint density at radius 3 is 2.20 bits per heavy atom. The molecule has 6 heterocycles. The fourth-order valence-corrected chi connectivity index (χ4v) is 5.61. The summed E-state index contributed by atoms with van der Waals surface area (Å²) in [6.07, 6.45) is 12.5. The Labute approximate surface area is 312 Å². The number of halogens is 3. The van der Waals surface area contributed by atoms with E-state index in [4.69, 9.17) is 16.3 Å². The van der Waals surface area contributed by atoms with Crippen LogP contribution in [0.15, 0.2) is 82.5 Å². The van der Waals surface area contributed by atoms with Crippen molar-refractivity contribution in [2.75, 3.05) is 22.1 Å². The van der Waals surface area contributed by atoms with Crippen molar-refractivity contribution >= 4 is 78.3 Å². The van der Waals surface area contributed by atoms with Gasteiger partial charge in [0.1, 0.15) is 28.2 Å². The molecule has 0 bridgehead atoms. The molecule has 16 heteroatoms. The lowest BCUT2D eigenvalue weighted by atomic mass is 10.2. The smallest absolute Gasteiger partial charge is 0.416 e. The van der Waals surface area contributed by atoms with Crippen LogP contribution in [0.5, 0.6) is 0 Å². The minimum atomic E-state index is -0.648. The Balaban J connectivity index is 0.000000192. The second-order valence-corrected chi connectivity index (χ2v) is 14.5. The van der Waals surface area contributed by atoms with E-state index in [1.165, 1.54) is 22.3 Å². The Morgan fingerprint density at radius 1 is 0.940 bits per heavy atom. The standard InChI is InChI=1S/C17H17BrClN5O2.C16H17BrN6.CH4/c1-17(2,3)26-16(25)23(10-11-5-4-6-20-8-11)14-7-13(19)22-15-12(18)9-21-24(14)15;17-13-10-21-23-15(20-9-12-2-1-5-18-7-12)6-14(22-16(13)23)19-8-11-3-4-11;/h4-9H,10H2,1-3H3;1-2,5-7,10-11,20H,3-4,8-9H2,(H,19,22);1H4. The van der Waals surface area contributed by atoms with Crippen LogP contribution < -0.4 is 15.5 Å². The van der Waals surface area contributed by atoms with Crippen LogP contribution in [-0.2, 0) is 17.8 Å². The molecule has 7 rings (SSSR count). The first-order valence-electron chi connectivity index (χ1n) is 15.5. The highest BCUT2D eigenvalue weighted by Crippen LogP contribution is 2.30. The van der Waals surface area contributed by atoms with Crippen molar-refractivity contribution in [2.45, 2.75) is 59.7 Å². The molecule has 13 nitrogen and oxygen atoms in total. The van der Waals surface area contributed by atoms with E-state index in [0.717, 1.165) is 45.3 Å². The Bertz CT molecular complexity index is 2050. The van der Waals surface area contributed by atoms with Gasteiger partial charge in [-0.25, -0.2) is 14.8 Å². The fourth-order valence-electron chi connectivity index (χ4n) is 4.73. The maximum Gasteiger partial charge on any atom is 0.416 e. The number of anilines is 3. The molecule has 1 amide bonds. The van der Waals surface area contributed by atoms with Crippen molar-refractivity contribution < 1.29 is 9.53 Å². The van der Waals surface area contributed by atoms with Crippen LogP contribution in [0.25, 0.3) is 11.3 Å². The summed E-state index contributed by atoms with van der Waals surface area (Å²) >= 11 is 13.1. The molecule has 0 unspecified atom stereocenters. The third-order valence-electron chi connectivity index (χ3n) is 7.23. The van der Waals surface area contributed by atoms with E-state index in [0.29, 0.717) is 22.5 Å². The van der Waals surface area contributed by atoms with E-state index < -0.39 is 11.7 Å². The molecule has 0 aliphatic heterocycles.